The van der Waals surface area contributed by atoms with Crippen LogP contribution in [0, 0.1) is 10.8 Å². The molecule has 2 spiro atoms. The van der Waals surface area contributed by atoms with Crippen LogP contribution in [-0.2, 0) is 20.7 Å². The highest BCUT2D eigenvalue weighted by Gasteiger charge is 2.64. The number of halogens is 3. The Balaban J connectivity index is 0.000000532. The van der Waals surface area contributed by atoms with E-state index >= 15 is 0 Å². The number of likely N-dealkylation sites (tertiary alicyclic amines) is 3. The van der Waals surface area contributed by atoms with Gasteiger partial charge in [0.1, 0.15) is 0 Å². The van der Waals surface area contributed by atoms with E-state index in [0.29, 0.717) is 25.6 Å². The monoisotopic (exact) mass is 556 g/mol. The largest absolute Gasteiger partial charge is 0.490 e. The molecule has 12 heteroatoms. The molecule has 3 heterocycles. The fraction of sp³-hybridized carbons (Fsp3) is 0.667. The molecule has 4 rings (SSSR count). The van der Waals surface area contributed by atoms with Crippen LogP contribution in [-0.4, -0.2) is 103 Å². The lowest BCUT2D eigenvalue weighted by Crippen LogP contribution is -2.54. The topological polar surface area (TPSA) is 102 Å². The predicted molar refractivity (Wildman–Crippen MR) is 139 cm³/mol. The quantitative estimate of drug-likeness (QED) is 0.554. The number of methoxy groups -OCH3 is 1. The number of benzene rings is 1. The Labute approximate surface area is 227 Å². The average molecular weight is 557 g/mol. The zero-order valence-electron chi connectivity index (χ0n) is 22.9. The van der Waals surface area contributed by atoms with Crippen molar-refractivity contribution in [3.63, 3.8) is 0 Å². The van der Waals surface area contributed by atoms with Gasteiger partial charge in [-0.3, -0.25) is 9.69 Å². The second-order valence-electron chi connectivity index (χ2n) is 10.5. The molecule has 3 saturated heterocycles. The molecule has 3 aliphatic rings. The summed E-state index contributed by atoms with van der Waals surface area (Å²) >= 11 is 0. The highest BCUT2D eigenvalue weighted by molar-refractivity contribution is 5.90. The number of rotatable bonds is 6. The third kappa shape index (κ3) is 6.66. The van der Waals surface area contributed by atoms with E-state index in [1.165, 1.54) is 5.56 Å². The first-order valence-corrected chi connectivity index (χ1v) is 13.4. The van der Waals surface area contributed by atoms with Gasteiger partial charge in [-0.25, -0.2) is 9.59 Å². The smallest absolute Gasteiger partial charge is 0.475 e. The van der Waals surface area contributed by atoms with Gasteiger partial charge in [0.05, 0.1) is 12.0 Å². The van der Waals surface area contributed by atoms with Crippen molar-refractivity contribution in [1.29, 1.82) is 0 Å². The number of amides is 3. The number of nitrogens with one attached hydrogen (secondary N) is 1. The summed E-state index contributed by atoms with van der Waals surface area (Å²) in [5, 5.41) is 10.2. The number of carbonyl (C=O) groups excluding carboxylic acids is 2. The number of anilines is 1. The number of ether oxygens (including phenoxy) is 1. The van der Waals surface area contributed by atoms with Gasteiger partial charge in [0.15, 0.2) is 0 Å². The zero-order chi connectivity index (χ0) is 28.8. The number of aryl methyl sites for hydroxylation is 1. The normalized spacial score (nSPS) is 22.8. The molecular formula is C27H39F3N4O5. The molecule has 1 atom stereocenters. The molecule has 3 fully saturated rings. The summed E-state index contributed by atoms with van der Waals surface area (Å²) in [6, 6.07) is 8.01. The Morgan fingerprint density at radius 2 is 1.77 bits per heavy atom. The van der Waals surface area contributed by atoms with Crippen LogP contribution in [0.15, 0.2) is 24.3 Å². The third-order valence-electron chi connectivity index (χ3n) is 8.37. The van der Waals surface area contributed by atoms with Crippen molar-refractivity contribution in [3.05, 3.63) is 29.8 Å². The molecule has 1 aromatic rings. The zero-order valence-corrected chi connectivity index (χ0v) is 22.9. The van der Waals surface area contributed by atoms with Gasteiger partial charge in [0.25, 0.3) is 0 Å². The SMILES string of the molecule is CCc1cccc(NC(=O)N2CCC3(CC2)CN(CCOC)CC32CCN(CC)C2=O)c1.O=C(O)C(F)(F)F. The summed E-state index contributed by atoms with van der Waals surface area (Å²) in [4.78, 5) is 41.8. The van der Waals surface area contributed by atoms with Crippen LogP contribution in [0.2, 0.25) is 0 Å². The average Bonchev–Trinajstić information content (AvgIpc) is 3.39. The van der Waals surface area contributed by atoms with Gasteiger partial charge >= 0.3 is 18.2 Å². The third-order valence-corrected chi connectivity index (χ3v) is 8.37. The molecule has 0 radical (unpaired) electrons. The number of carboxylic acid groups (broad SMARTS) is 1. The van der Waals surface area contributed by atoms with Crippen molar-refractivity contribution >= 4 is 23.6 Å². The Kier molecular flexibility index (Phi) is 9.87. The maximum absolute atomic E-state index is 13.5. The Morgan fingerprint density at radius 1 is 1.10 bits per heavy atom. The predicted octanol–water partition coefficient (Wildman–Crippen LogP) is 3.70. The number of fused-ring (bicyclic) bond motifs is 1. The van der Waals surface area contributed by atoms with Gasteiger partial charge < -0.3 is 25.0 Å². The fourth-order valence-corrected chi connectivity index (χ4v) is 6.19. The molecule has 3 aliphatic heterocycles. The summed E-state index contributed by atoms with van der Waals surface area (Å²) in [5.74, 6) is -2.43. The number of aliphatic carboxylic acids is 1. The molecular weight excluding hydrogens is 517 g/mol. The van der Waals surface area contributed by atoms with Crippen molar-refractivity contribution < 1.29 is 37.4 Å². The van der Waals surface area contributed by atoms with Gasteiger partial charge in [0, 0.05) is 64.0 Å². The fourth-order valence-electron chi connectivity index (χ4n) is 6.19. The summed E-state index contributed by atoms with van der Waals surface area (Å²) in [6.07, 6.45) is -1.45. The van der Waals surface area contributed by atoms with Crippen LogP contribution in [0.4, 0.5) is 23.7 Å². The van der Waals surface area contributed by atoms with Gasteiger partial charge in [-0.15, -0.1) is 0 Å². The first kappa shape index (κ1) is 30.7. The van der Waals surface area contributed by atoms with Crippen molar-refractivity contribution in [1.82, 2.24) is 14.7 Å². The van der Waals surface area contributed by atoms with Crippen LogP contribution in [0.5, 0.6) is 0 Å². The Morgan fingerprint density at radius 3 is 2.31 bits per heavy atom. The summed E-state index contributed by atoms with van der Waals surface area (Å²) in [7, 11) is 1.73. The number of urea groups is 1. The molecule has 0 aromatic heterocycles. The number of hydrogen-bond acceptors (Lipinski definition) is 5. The van der Waals surface area contributed by atoms with E-state index in [9.17, 15) is 22.8 Å². The number of carboxylic acids is 1. The molecule has 1 aromatic carbocycles. The molecule has 0 aliphatic carbocycles. The summed E-state index contributed by atoms with van der Waals surface area (Å²) in [6.45, 7) is 10.5. The van der Waals surface area contributed by atoms with Gasteiger partial charge in [-0.1, -0.05) is 19.1 Å². The van der Waals surface area contributed by atoms with Crippen molar-refractivity contribution in [2.75, 3.05) is 64.8 Å². The van der Waals surface area contributed by atoms with Crippen LogP contribution < -0.4 is 5.32 Å². The first-order valence-electron chi connectivity index (χ1n) is 13.4. The standard InChI is InChI=1S/C25H38N4O3.C2HF3O2/c1-4-20-7-6-8-21(17-20)26-23(31)29-12-9-24(10-13-29)18-27(15-16-32-3)19-25(24)11-14-28(5-2)22(25)30;3-2(4,5)1(6)7/h6-8,17H,4-5,9-16,18-19H2,1-3H3,(H,26,31);(H,6,7). The van der Waals surface area contributed by atoms with Crippen molar-refractivity contribution in [2.24, 2.45) is 10.8 Å². The Hall–Kier alpha value is -2.86. The lowest BCUT2D eigenvalue weighted by Gasteiger charge is -2.47. The molecule has 1 unspecified atom stereocenters. The molecule has 3 amide bonds. The number of alkyl halides is 3. The van der Waals surface area contributed by atoms with Crippen molar-refractivity contribution in [2.45, 2.75) is 45.7 Å². The second kappa shape index (κ2) is 12.5. The van der Waals surface area contributed by atoms with Crippen LogP contribution in [0.3, 0.4) is 0 Å². The van der Waals surface area contributed by atoms with E-state index in [2.05, 4.69) is 30.1 Å². The minimum Gasteiger partial charge on any atom is -0.475 e. The lowest BCUT2D eigenvalue weighted by molar-refractivity contribution is -0.192. The van der Waals surface area contributed by atoms with Gasteiger partial charge in [0.2, 0.25) is 5.91 Å². The van der Waals surface area contributed by atoms with Crippen LogP contribution in [0.1, 0.15) is 38.7 Å². The number of nitrogens with zero attached hydrogens (tertiary/aromatic N) is 3. The van der Waals surface area contributed by atoms with Crippen molar-refractivity contribution in [3.8, 4) is 0 Å². The first-order chi connectivity index (χ1) is 18.4. The van der Waals surface area contributed by atoms with Gasteiger partial charge in [-0.05, 0) is 50.3 Å². The molecule has 9 nitrogen and oxygen atoms in total. The lowest BCUT2D eigenvalue weighted by atomic mass is 9.60. The molecule has 0 bridgehead atoms. The van der Waals surface area contributed by atoms with Crippen LogP contribution in [0.25, 0.3) is 0 Å². The van der Waals surface area contributed by atoms with E-state index in [-0.39, 0.29) is 16.9 Å². The van der Waals surface area contributed by atoms with E-state index in [0.717, 1.165) is 64.1 Å². The minimum absolute atomic E-state index is 0.0377. The number of hydrogen-bond donors (Lipinski definition) is 2. The summed E-state index contributed by atoms with van der Waals surface area (Å²) < 4.78 is 37.1. The molecule has 0 saturated carbocycles. The Bertz CT molecular complexity index is 1030. The minimum atomic E-state index is -5.08. The second-order valence-corrected chi connectivity index (χ2v) is 10.5. The van der Waals surface area contributed by atoms with E-state index in [1.807, 2.05) is 28.0 Å². The molecule has 39 heavy (non-hydrogen) atoms. The van der Waals surface area contributed by atoms with Gasteiger partial charge in [-0.2, -0.15) is 13.2 Å². The molecule has 2 N–H and O–H groups in total. The van der Waals surface area contributed by atoms with E-state index < -0.39 is 12.1 Å². The highest BCUT2D eigenvalue weighted by atomic mass is 19.4. The van der Waals surface area contributed by atoms with Crippen LogP contribution >= 0.6 is 0 Å². The maximum atomic E-state index is 13.5. The maximum Gasteiger partial charge on any atom is 0.490 e. The summed E-state index contributed by atoms with van der Waals surface area (Å²) in [5.41, 5.74) is 1.70. The van der Waals surface area contributed by atoms with E-state index in [4.69, 9.17) is 14.6 Å². The molecule has 218 valence electrons. The van der Waals surface area contributed by atoms with E-state index in [1.54, 1.807) is 7.11 Å². The highest BCUT2D eigenvalue weighted by Crippen LogP contribution is 2.57. The number of piperidine rings is 1. The number of carbonyl (C=O) groups is 3.